The Labute approximate surface area is 147 Å². The van der Waals surface area contributed by atoms with Gasteiger partial charge in [0.2, 0.25) is 11.0 Å². The minimum atomic E-state index is -0.468. The molecule has 0 saturated heterocycles. The Bertz CT molecular complexity index is 717. The van der Waals surface area contributed by atoms with Crippen molar-refractivity contribution < 1.29 is 13.6 Å². The third kappa shape index (κ3) is 4.51. The fraction of sp³-hybridized carbons (Fsp3) is 0.438. The normalized spacial score (nSPS) is 15.4. The summed E-state index contributed by atoms with van der Waals surface area (Å²) in [6, 6.07) is 3.38. The van der Waals surface area contributed by atoms with Gasteiger partial charge in [-0.3, -0.25) is 4.79 Å². The Morgan fingerprint density at radius 2 is 2.04 bits per heavy atom. The molecular weight excluding hydrogens is 352 g/mol. The lowest BCUT2D eigenvalue weighted by atomic mass is 9.89. The molecule has 1 amide bonds. The van der Waals surface area contributed by atoms with Gasteiger partial charge in [0.1, 0.15) is 11.6 Å². The maximum Gasteiger partial charge on any atom is 0.229 e. The lowest BCUT2D eigenvalue weighted by Gasteiger charge is -2.19. The molecule has 0 bridgehead atoms. The van der Waals surface area contributed by atoms with E-state index in [1.807, 2.05) is 0 Å². The van der Waals surface area contributed by atoms with Crippen molar-refractivity contribution in [2.45, 2.75) is 42.2 Å². The third-order valence-corrected chi connectivity index (χ3v) is 5.99. The van der Waals surface area contributed by atoms with Crippen LogP contribution in [0.25, 0.3) is 0 Å². The molecule has 4 nitrogen and oxygen atoms in total. The second-order valence-electron chi connectivity index (χ2n) is 5.72. The van der Waals surface area contributed by atoms with E-state index in [4.69, 9.17) is 0 Å². The van der Waals surface area contributed by atoms with Gasteiger partial charge in [0.05, 0.1) is 0 Å². The van der Waals surface area contributed by atoms with Gasteiger partial charge in [-0.2, -0.15) is 0 Å². The van der Waals surface area contributed by atoms with E-state index in [0.29, 0.717) is 9.47 Å². The van der Waals surface area contributed by atoms with Gasteiger partial charge in [-0.1, -0.05) is 42.4 Å². The first-order chi connectivity index (χ1) is 11.6. The number of nitrogens with one attached hydrogen (secondary N) is 1. The molecule has 1 aromatic carbocycles. The summed E-state index contributed by atoms with van der Waals surface area (Å²) in [5.41, 5.74) is 0.281. The van der Waals surface area contributed by atoms with Gasteiger partial charge in [0.15, 0.2) is 4.34 Å². The van der Waals surface area contributed by atoms with E-state index in [9.17, 15) is 13.6 Å². The van der Waals surface area contributed by atoms with Gasteiger partial charge in [-0.15, -0.1) is 10.2 Å². The largest absolute Gasteiger partial charge is 0.300 e. The SMILES string of the molecule is O=C(Nc1nnc(SCc2cc(F)ccc2F)s1)C1CCCCC1. The zero-order valence-corrected chi connectivity index (χ0v) is 14.6. The molecule has 1 aliphatic carbocycles. The molecule has 1 heterocycles. The summed E-state index contributed by atoms with van der Waals surface area (Å²) >= 11 is 2.51. The van der Waals surface area contributed by atoms with Crippen LogP contribution in [0.5, 0.6) is 0 Å². The zero-order valence-electron chi connectivity index (χ0n) is 12.9. The predicted molar refractivity (Wildman–Crippen MR) is 91.0 cm³/mol. The van der Waals surface area contributed by atoms with Crippen molar-refractivity contribution in [2.24, 2.45) is 5.92 Å². The van der Waals surface area contributed by atoms with Gasteiger partial charge in [-0.05, 0) is 31.0 Å². The molecule has 128 valence electrons. The van der Waals surface area contributed by atoms with Crippen molar-refractivity contribution in [1.29, 1.82) is 0 Å². The van der Waals surface area contributed by atoms with Crippen LogP contribution in [0.1, 0.15) is 37.7 Å². The number of thioether (sulfide) groups is 1. The second-order valence-corrected chi connectivity index (χ2v) is 7.92. The molecule has 0 atom stereocenters. The molecule has 3 rings (SSSR count). The standard InChI is InChI=1S/C16H17F2N3OS2/c17-12-6-7-13(18)11(8-12)9-23-16-21-20-15(24-16)19-14(22)10-4-2-1-3-5-10/h6-8,10H,1-5,9H2,(H,19,20,22). The van der Waals surface area contributed by atoms with E-state index in [2.05, 4.69) is 15.5 Å². The number of amides is 1. The summed E-state index contributed by atoms with van der Waals surface area (Å²) in [5, 5.41) is 11.2. The molecule has 1 fully saturated rings. The van der Waals surface area contributed by atoms with E-state index in [1.165, 1.54) is 35.6 Å². The van der Waals surface area contributed by atoms with Crippen LogP contribution in [0.3, 0.4) is 0 Å². The van der Waals surface area contributed by atoms with Crippen molar-refractivity contribution in [3.8, 4) is 0 Å². The fourth-order valence-corrected chi connectivity index (χ4v) is 4.41. The summed E-state index contributed by atoms with van der Waals surface area (Å²) in [4.78, 5) is 12.2. The maximum atomic E-state index is 13.6. The van der Waals surface area contributed by atoms with E-state index in [0.717, 1.165) is 37.8 Å². The van der Waals surface area contributed by atoms with Gasteiger partial charge < -0.3 is 5.32 Å². The van der Waals surface area contributed by atoms with Crippen LogP contribution in [0.4, 0.5) is 13.9 Å². The molecule has 0 spiro atoms. The Balaban J connectivity index is 1.55. The molecule has 1 N–H and O–H groups in total. The maximum absolute atomic E-state index is 13.6. The predicted octanol–water partition coefficient (Wildman–Crippen LogP) is 4.63. The van der Waals surface area contributed by atoms with Crippen molar-refractivity contribution in [1.82, 2.24) is 10.2 Å². The average Bonchev–Trinajstić information content (AvgIpc) is 3.04. The van der Waals surface area contributed by atoms with E-state index < -0.39 is 11.6 Å². The zero-order chi connectivity index (χ0) is 16.9. The quantitative estimate of drug-likeness (QED) is 0.617. The van der Waals surface area contributed by atoms with Crippen molar-refractivity contribution in [3.63, 3.8) is 0 Å². The minimum Gasteiger partial charge on any atom is -0.300 e. The van der Waals surface area contributed by atoms with E-state index >= 15 is 0 Å². The highest BCUT2D eigenvalue weighted by Gasteiger charge is 2.22. The third-order valence-electron chi connectivity index (χ3n) is 3.97. The Hall–Kier alpha value is -1.54. The number of carbonyl (C=O) groups excluding carboxylic acids is 1. The molecule has 0 aliphatic heterocycles. The number of carbonyl (C=O) groups is 1. The number of anilines is 1. The van der Waals surface area contributed by atoms with Crippen LogP contribution in [-0.2, 0) is 10.5 Å². The number of halogens is 2. The minimum absolute atomic E-state index is 0.00132. The number of aromatic nitrogens is 2. The first kappa shape index (κ1) is 17.3. The first-order valence-electron chi connectivity index (χ1n) is 7.83. The second kappa shape index (κ2) is 8.02. The van der Waals surface area contributed by atoms with Gasteiger partial charge in [0, 0.05) is 17.2 Å². The smallest absolute Gasteiger partial charge is 0.229 e. The van der Waals surface area contributed by atoms with Crippen molar-refractivity contribution in [3.05, 3.63) is 35.4 Å². The van der Waals surface area contributed by atoms with Crippen LogP contribution in [0, 0.1) is 17.6 Å². The van der Waals surface area contributed by atoms with Crippen molar-refractivity contribution in [2.75, 3.05) is 5.32 Å². The number of hydrogen-bond acceptors (Lipinski definition) is 5. The van der Waals surface area contributed by atoms with Crippen LogP contribution in [0.2, 0.25) is 0 Å². The molecule has 2 aromatic rings. The molecular formula is C16H17F2N3OS2. The van der Waals surface area contributed by atoms with Gasteiger partial charge in [-0.25, -0.2) is 8.78 Å². The summed E-state index contributed by atoms with van der Waals surface area (Å²) in [6.45, 7) is 0. The highest BCUT2D eigenvalue weighted by atomic mass is 32.2. The van der Waals surface area contributed by atoms with Gasteiger partial charge >= 0.3 is 0 Å². The Kier molecular flexibility index (Phi) is 5.78. The fourth-order valence-electron chi connectivity index (χ4n) is 2.68. The van der Waals surface area contributed by atoms with E-state index in [1.54, 1.807) is 0 Å². The molecule has 0 radical (unpaired) electrons. The highest BCUT2D eigenvalue weighted by Crippen LogP contribution is 2.30. The lowest BCUT2D eigenvalue weighted by molar-refractivity contribution is -0.120. The number of benzene rings is 1. The number of nitrogens with zero attached hydrogens (tertiary/aromatic N) is 2. The molecule has 1 saturated carbocycles. The number of rotatable bonds is 5. The van der Waals surface area contributed by atoms with Crippen LogP contribution in [-0.4, -0.2) is 16.1 Å². The summed E-state index contributed by atoms with van der Waals surface area (Å²) in [5.74, 6) is -0.600. The monoisotopic (exact) mass is 369 g/mol. The highest BCUT2D eigenvalue weighted by molar-refractivity contribution is 8.00. The molecule has 8 heteroatoms. The summed E-state index contributed by atoms with van der Waals surface area (Å²) in [6.07, 6.45) is 5.22. The van der Waals surface area contributed by atoms with Crippen LogP contribution in [0.15, 0.2) is 22.5 Å². The Morgan fingerprint density at radius 1 is 1.25 bits per heavy atom. The summed E-state index contributed by atoms with van der Waals surface area (Å²) in [7, 11) is 0. The first-order valence-corrected chi connectivity index (χ1v) is 9.63. The van der Waals surface area contributed by atoms with Crippen molar-refractivity contribution >= 4 is 34.1 Å². The Morgan fingerprint density at radius 3 is 2.83 bits per heavy atom. The molecule has 1 aliphatic rings. The molecule has 1 aromatic heterocycles. The van der Waals surface area contributed by atoms with E-state index in [-0.39, 0.29) is 23.1 Å². The lowest BCUT2D eigenvalue weighted by Crippen LogP contribution is -2.24. The van der Waals surface area contributed by atoms with Gasteiger partial charge in [0.25, 0.3) is 0 Å². The number of hydrogen-bond donors (Lipinski definition) is 1. The topological polar surface area (TPSA) is 54.9 Å². The average molecular weight is 369 g/mol. The van der Waals surface area contributed by atoms with Crippen LogP contribution >= 0.6 is 23.1 Å². The molecule has 24 heavy (non-hydrogen) atoms. The van der Waals surface area contributed by atoms with Crippen LogP contribution < -0.4 is 5.32 Å². The summed E-state index contributed by atoms with van der Waals surface area (Å²) < 4.78 is 27.3. The molecule has 0 unspecified atom stereocenters.